The number of hydrogen-bond donors (Lipinski definition) is 2. The average molecular weight is 835 g/mol. The molecule has 0 atom stereocenters. The van der Waals surface area contributed by atoms with Gasteiger partial charge in [0.25, 0.3) is 0 Å². The fourth-order valence-electron chi connectivity index (χ4n) is 3.68. The predicted molar refractivity (Wildman–Crippen MR) is 173 cm³/mol. The molecule has 4 rings (SSSR count). The Kier molecular flexibility index (Phi) is 21.1. The number of nitrogens with zero attached hydrogens (tertiary/aromatic N) is 2. The number of hydrogen-bond acceptors (Lipinski definition) is 5. The number of nitrogens with two attached hydrogens (primary N) is 1. The van der Waals surface area contributed by atoms with Gasteiger partial charge in [-0.3, -0.25) is 9.59 Å². The van der Waals surface area contributed by atoms with Gasteiger partial charge in [0.05, 0.1) is 5.88 Å². The molecule has 0 unspecified atom stereocenters. The molecule has 2 aromatic carbocycles. The van der Waals surface area contributed by atoms with Crippen molar-refractivity contribution in [3.8, 4) is 0 Å². The average Bonchev–Trinajstić information content (AvgIpc) is 2.85. The molecule has 3 N–H and O–H groups in total. The van der Waals surface area contributed by atoms with Crippen molar-refractivity contribution in [3.05, 3.63) is 58.7 Å². The summed E-state index contributed by atoms with van der Waals surface area (Å²) in [5, 5.41) is 2.26. The van der Waals surface area contributed by atoms with Crippen molar-refractivity contribution in [1.29, 1.82) is 0 Å². The molecule has 6 nitrogen and oxygen atoms in total. The molecule has 207 valence electrons. The summed E-state index contributed by atoms with van der Waals surface area (Å²) >= 11 is 19.7. The molecule has 12 heteroatoms. The number of likely N-dealkylation sites (N-methyl/N-ethyl adjacent to an activating group) is 2. The zero-order valence-corrected chi connectivity index (χ0v) is 28.2. The van der Waals surface area contributed by atoms with Crippen LogP contribution in [0.1, 0.15) is 29.7 Å². The number of nitrogen functional groups attached to an aromatic ring is 1. The number of benzene rings is 2. The first kappa shape index (κ1) is 37.2. The van der Waals surface area contributed by atoms with E-state index in [2.05, 4.69) is 87.4 Å². The van der Waals surface area contributed by atoms with Crippen LogP contribution in [0, 0.1) is 0 Å². The first-order valence-corrected chi connectivity index (χ1v) is 21.5. The normalized spacial score (nSPS) is 13.8. The van der Waals surface area contributed by atoms with E-state index in [0.29, 0.717) is 9.47 Å². The van der Waals surface area contributed by atoms with Crippen LogP contribution in [0.15, 0.2) is 36.4 Å². The van der Waals surface area contributed by atoms with E-state index in [9.17, 15) is 9.59 Å². The Balaban J connectivity index is 0.000000545. The van der Waals surface area contributed by atoms with Gasteiger partial charge >= 0.3 is 49.4 Å². The maximum absolute atomic E-state index is 11.2. The molecule has 0 radical (unpaired) electrons. The summed E-state index contributed by atoms with van der Waals surface area (Å²) in [4.78, 5) is 25.2. The van der Waals surface area contributed by atoms with Gasteiger partial charge in [-0.2, -0.15) is 0 Å². The van der Waals surface area contributed by atoms with Crippen LogP contribution in [-0.2, 0) is 45.0 Å². The van der Waals surface area contributed by atoms with Gasteiger partial charge < -0.3 is 20.9 Å². The fraction of sp³-hybridized carbons (Fsp3) is 0.440. The van der Waals surface area contributed by atoms with E-state index < -0.39 is 5.24 Å². The SMILES string of the molecule is C.CN1CCc2cc(N)ccc2C1.CN1CCc2cc(NC(=O)CCl)ccc2C1.O=C(Cl)CCl.[I][V][I]. The molecule has 0 saturated heterocycles. The molecule has 0 spiro atoms. The quantitative estimate of drug-likeness (QED) is 0.160. The van der Waals surface area contributed by atoms with Crippen molar-refractivity contribution in [3.63, 3.8) is 0 Å². The molecule has 0 saturated carbocycles. The molecule has 1 amide bonds. The second-order valence-corrected chi connectivity index (χ2v) is 21.0. The number of amides is 1. The zero-order chi connectivity index (χ0) is 27.1. The Bertz CT molecular complexity index is 989. The third-order valence-electron chi connectivity index (χ3n) is 5.35. The van der Waals surface area contributed by atoms with E-state index in [1.807, 2.05) is 18.2 Å². The van der Waals surface area contributed by atoms with Crippen molar-refractivity contribution >= 4 is 97.3 Å². The molecule has 2 aromatic rings. The molecule has 0 aromatic heterocycles. The van der Waals surface area contributed by atoms with Crippen LogP contribution in [0.4, 0.5) is 11.4 Å². The summed E-state index contributed by atoms with van der Waals surface area (Å²) in [6, 6.07) is 12.3. The standard InChI is InChI=1S/C12H15ClN2O.C10H14N2.C2H2Cl2O.CH4.2HI.V/c1-15-5-4-9-6-11(14-12(16)7-13)3-2-10(9)8-15;1-12-5-4-8-6-10(11)3-2-9(8)7-12;3-1-2(4)5;;;;/h2-3,6H,4-5,7-8H2,1H3,(H,14,16);2-3,6H,4-5,7,11H2,1H3;1H2;1H4;2*1H;/q;;;;;;+2/p-2. The first-order chi connectivity index (χ1) is 17.1. The number of carbonyl (C=O) groups excluding carboxylic acids is 2. The summed E-state index contributed by atoms with van der Waals surface area (Å²) in [6.07, 6.45) is 2.17. The number of anilines is 2. The monoisotopic (exact) mass is 833 g/mol. The van der Waals surface area contributed by atoms with Gasteiger partial charge in [0, 0.05) is 37.6 Å². The Hall–Kier alpha value is 0.214. The summed E-state index contributed by atoms with van der Waals surface area (Å²) in [7, 11) is 4.90. The van der Waals surface area contributed by atoms with E-state index in [1.165, 1.54) is 22.3 Å². The van der Waals surface area contributed by atoms with Crippen LogP contribution in [0.5, 0.6) is 0 Å². The van der Waals surface area contributed by atoms with E-state index >= 15 is 0 Å². The summed E-state index contributed by atoms with van der Waals surface area (Å²) in [6.45, 7) is 4.27. The van der Waals surface area contributed by atoms with Crippen LogP contribution in [-0.4, -0.2) is 59.9 Å². The van der Waals surface area contributed by atoms with Gasteiger partial charge in [0.1, 0.15) is 5.88 Å². The van der Waals surface area contributed by atoms with Crippen LogP contribution in [0.2, 0.25) is 0 Å². The second-order valence-electron chi connectivity index (χ2n) is 8.22. The molecular weight excluding hydrogens is 799 g/mol. The summed E-state index contributed by atoms with van der Waals surface area (Å²) < 4.78 is 0. The number of carbonyl (C=O) groups is 2. The maximum atomic E-state index is 11.2. The van der Waals surface area contributed by atoms with Crippen molar-refractivity contribution in [2.75, 3.05) is 50.0 Å². The van der Waals surface area contributed by atoms with E-state index in [0.717, 1.165) is 50.4 Å². The zero-order valence-electron chi connectivity index (χ0n) is 20.2. The van der Waals surface area contributed by atoms with Gasteiger partial charge in [-0.1, -0.05) is 19.6 Å². The molecule has 37 heavy (non-hydrogen) atoms. The van der Waals surface area contributed by atoms with E-state index in [4.69, 9.17) is 40.5 Å². The van der Waals surface area contributed by atoms with Gasteiger partial charge in [-0.05, 0) is 85.1 Å². The molecule has 2 heterocycles. The van der Waals surface area contributed by atoms with Crippen molar-refractivity contribution < 1.29 is 19.1 Å². The molecule has 2 aliphatic heterocycles. The topological polar surface area (TPSA) is 78.7 Å². The number of nitrogens with one attached hydrogen (secondary N) is 1. The number of fused-ring (bicyclic) bond motifs is 2. The van der Waals surface area contributed by atoms with Crippen LogP contribution < -0.4 is 11.1 Å². The van der Waals surface area contributed by atoms with Gasteiger partial charge in [-0.25, -0.2) is 0 Å². The van der Waals surface area contributed by atoms with E-state index in [-0.39, 0.29) is 25.1 Å². The van der Waals surface area contributed by atoms with Crippen molar-refractivity contribution in [2.24, 2.45) is 0 Å². The predicted octanol–water partition coefficient (Wildman–Crippen LogP) is 6.50. The molecule has 0 aliphatic carbocycles. The molecule has 0 bridgehead atoms. The number of halogens is 5. The van der Waals surface area contributed by atoms with Crippen LogP contribution in [0.3, 0.4) is 0 Å². The fourth-order valence-corrected chi connectivity index (χ4v) is 3.75. The Morgan fingerprint density at radius 3 is 1.84 bits per heavy atom. The molecule has 0 fully saturated rings. The Morgan fingerprint density at radius 1 is 0.919 bits per heavy atom. The molecule has 2 aliphatic rings. The minimum absolute atomic E-state index is 0. The van der Waals surface area contributed by atoms with Crippen molar-refractivity contribution in [1.82, 2.24) is 9.80 Å². The third-order valence-corrected chi connectivity index (χ3v) is 6.11. The van der Waals surface area contributed by atoms with Gasteiger partial charge in [-0.15, -0.1) is 23.2 Å². The first-order valence-electron chi connectivity index (χ1n) is 11.0. The van der Waals surface area contributed by atoms with Crippen molar-refractivity contribution in [2.45, 2.75) is 33.4 Å². The Morgan fingerprint density at radius 2 is 1.38 bits per heavy atom. The van der Waals surface area contributed by atoms with Crippen LogP contribution in [0.25, 0.3) is 0 Å². The minimum atomic E-state index is -0.508. The number of alkyl halides is 2. The number of rotatable bonds is 3. The summed E-state index contributed by atoms with van der Waals surface area (Å²) in [5.41, 5.74) is 13.0. The molecular formula is C25H35Cl3I2N4O2V. The van der Waals surface area contributed by atoms with Crippen LogP contribution >= 0.6 is 74.8 Å². The van der Waals surface area contributed by atoms with Gasteiger partial charge in [0.15, 0.2) is 0 Å². The third kappa shape index (κ3) is 15.5. The van der Waals surface area contributed by atoms with Gasteiger partial charge in [0.2, 0.25) is 11.1 Å². The Labute approximate surface area is 265 Å². The second kappa shape index (κ2) is 21.0. The summed E-state index contributed by atoms with van der Waals surface area (Å²) in [5.74, 6) is -0.254. The van der Waals surface area contributed by atoms with E-state index in [1.54, 1.807) is 0 Å².